The molecule has 0 aromatic heterocycles. The van der Waals surface area contributed by atoms with Gasteiger partial charge in [0.05, 0.1) is 0 Å². The van der Waals surface area contributed by atoms with Gasteiger partial charge in [-0.15, -0.1) is 0 Å². The summed E-state index contributed by atoms with van der Waals surface area (Å²) in [6.45, 7) is 5.29. The Morgan fingerprint density at radius 1 is 1.00 bits per heavy atom. The number of nitrogens with zero attached hydrogens (tertiary/aromatic N) is 1. The zero-order valence-electron chi connectivity index (χ0n) is 17.9. The number of anilines is 1. The first-order valence-corrected chi connectivity index (χ1v) is 11.0. The number of carbonyl (C=O) groups excluding carboxylic acids is 2. The monoisotopic (exact) mass is 423 g/mol. The first kappa shape index (κ1) is 21.0. The van der Waals surface area contributed by atoms with E-state index in [4.69, 9.17) is 9.47 Å². The number of nitrogens with one attached hydrogen (secondary N) is 2. The number of fused-ring (bicyclic) bond motifs is 2. The number of amides is 2. The molecule has 164 valence electrons. The van der Waals surface area contributed by atoms with Crippen molar-refractivity contribution < 1.29 is 19.1 Å². The van der Waals surface area contributed by atoms with Crippen LogP contribution in [0.5, 0.6) is 11.5 Å². The zero-order valence-corrected chi connectivity index (χ0v) is 17.9. The molecule has 2 aliphatic heterocycles. The molecule has 0 saturated carbocycles. The molecule has 4 rings (SSSR count). The van der Waals surface area contributed by atoms with Crippen LogP contribution in [0.1, 0.15) is 36.5 Å². The van der Waals surface area contributed by atoms with Crippen molar-refractivity contribution in [2.45, 2.75) is 39.2 Å². The molecule has 2 aliphatic rings. The quantitative estimate of drug-likeness (QED) is 0.669. The van der Waals surface area contributed by atoms with Crippen molar-refractivity contribution in [3.8, 4) is 11.5 Å². The molecule has 31 heavy (non-hydrogen) atoms. The van der Waals surface area contributed by atoms with Gasteiger partial charge < -0.3 is 25.0 Å². The minimum atomic E-state index is -0.640. The van der Waals surface area contributed by atoms with Gasteiger partial charge in [-0.2, -0.15) is 0 Å². The van der Waals surface area contributed by atoms with Gasteiger partial charge in [-0.1, -0.05) is 25.1 Å². The fourth-order valence-corrected chi connectivity index (χ4v) is 4.10. The SMILES string of the molecule is CCCN1CCCc2cc(CCNC(=O)C(=O)NCc3ccc4c(c3)OCO4)ccc21. The molecule has 0 unspecified atom stereocenters. The zero-order chi connectivity index (χ0) is 21.6. The predicted octanol–water partition coefficient (Wildman–Crippen LogP) is 2.55. The van der Waals surface area contributed by atoms with Crippen LogP contribution in [0.4, 0.5) is 5.69 Å². The third-order valence-electron chi connectivity index (χ3n) is 5.65. The van der Waals surface area contributed by atoms with Gasteiger partial charge in [0.25, 0.3) is 0 Å². The Morgan fingerprint density at radius 3 is 2.68 bits per heavy atom. The number of aryl methyl sites for hydroxylation is 1. The average Bonchev–Trinajstić information content (AvgIpc) is 3.25. The van der Waals surface area contributed by atoms with E-state index in [-0.39, 0.29) is 13.3 Å². The van der Waals surface area contributed by atoms with Crippen LogP contribution < -0.4 is 25.0 Å². The lowest BCUT2D eigenvalue weighted by Gasteiger charge is -2.31. The molecule has 2 heterocycles. The third-order valence-corrected chi connectivity index (χ3v) is 5.65. The van der Waals surface area contributed by atoms with Crippen molar-refractivity contribution in [2.75, 3.05) is 31.3 Å². The molecular weight excluding hydrogens is 394 g/mol. The minimum Gasteiger partial charge on any atom is -0.454 e. The number of ether oxygens (including phenoxy) is 2. The highest BCUT2D eigenvalue weighted by Crippen LogP contribution is 2.32. The molecule has 0 saturated heterocycles. The third kappa shape index (κ3) is 5.10. The summed E-state index contributed by atoms with van der Waals surface area (Å²) in [6.07, 6.45) is 4.11. The Kier molecular flexibility index (Phi) is 6.60. The van der Waals surface area contributed by atoms with Crippen LogP contribution in [0.25, 0.3) is 0 Å². The van der Waals surface area contributed by atoms with E-state index in [1.165, 1.54) is 23.2 Å². The minimum absolute atomic E-state index is 0.203. The molecule has 0 atom stereocenters. The predicted molar refractivity (Wildman–Crippen MR) is 118 cm³/mol. The number of rotatable bonds is 7. The fraction of sp³-hybridized carbons (Fsp3) is 0.417. The summed E-state index contributed by atoms with van der Waals surface area (Å²) in [5.41, 5.74) is 4.74. The summed E-state index contributed by atoms with van der Waals surface area (Å²) in [5, 5.41) is 5.36. The second-order valence-electron chi connectivity index (χ2n) is 7.93. The average molecular weight is 424 g/mol. The molecule has 0 bridgehead atoms. The summed E-state index contributed by atoms with van der Waals surface area (Å²) in [4.78, 5) is 26.7. The summed E-state index contributed by atoms with van der Waals surface area (Å²) in [7, 11) is 0. The standard InChI is InChI=1S/C24H29N3O4/c1-2-11-27-12-3-4-19-13-17(5-7-20(19)27)9-10-25-23(28)24(29)26-15-18-6-8-21-22(14-18)31-16-30-21/h5-8,13-14H,2-4,9-12,15-16H2,1H3,(H,25,28)(H,26,29). The van der Waals surface area contributed by atoms with Crippen molar-refractivity contribution in [3.63, 3.8) is 0 Å². The van der Waals surface area contributed by atoms with E-state index in [0.717, 1.165) is 31.5 Å². The van der Waals surface area contributed by atoms with Gasteiger partial charge in [0.15, 0.2) is 11.5 Å². The van der Waals surface area contributed by atoms with Gasteiger partial charge in [0, 0.05) is 31.9 Å². The van der Waals surface area contributed by atoms with Gasteiger partial charge in [-0.3, -0.25) is 9.59 Å². The molecule has 0 radical (unpaired) electrons. The fourth-order valence-electron chi connectivity index (χ4n) is 4.10. The smallest absolute Gasteiger partial charge is 0.309 e. The van der Waals surface area contributed by atoms with Crippen molar-refractivity contribution in [1.29, 1.82) is 0 Å². The molecule has 7 nitrogen and oxygen atoms in total. The van der Waals surface area contributed by atoms with Gasteiger partial charge in [0.1, 0.15) is 0 Å². The normalized spacial score (nSPS) is 14.2. The first-order chi connectivity index (χ1) is 15.1. The molecule has 2 N–H and O–H groups in total. The molecule has 0 spiro atoms. The van der Waals surface area contributed by atoms with E-state index in [0.29, 0.717) is 24.5 Å². The van der Waals surface area contributed by atoms with Crippen LogP contribution in [-0.4, -0.2) is 38.2 Å². The maximum absolute atomic E-state index is 12.1. The van der Waals surface area contributed by atoms with E-state index in [9.17, 15) is 9.59 Å². The van der Waals surface area contributed by atoms with Crippen LogP contribution in [0.3, 0.4) is 0 Å². The van der Waals surface area contributed by atoms with E-state index in [2.05, 4.69) is 40.7 Å². The second-order valence-corrected chi connectivity index (χ2v) is 7.93. The van der Waals surface area contributed by atoms with Crippen molar-refractivity contribution in [1.82, 2.24) is 10.6 Å². The van der Waals surface area contributed by atoms with Crippen molar-refractivity contribution in [3.05, 3.63) is 53.1 Å². The van der Waals surface area contributed by atoms with Gasteiger partial charge in [-0.05, 0) is 60.6 Å². The Bertz CT molecular complexity index is 960. The summed E-state index contributed by atoms with van der Waals surface area (Å²) in [6, 6.07) is 12.0. The molecule has 0 aliphatic carbocycles. The highest BCUT2D eigenvalue weighted by atomic mass is 16.7. The molecule has 2 amide bonds. The van der Waals surface area contributed by atoms with E-state index >= 15 is 0 Å². The molecular formula is C24H29N3O4. The summed E-state index contributed by atoms with van der Waals surface area (Å²) >= 11 is 0. The van der Waals surface area contributed by atoms with E-state index in [1.54, 1.807) is 12.1 Å². The van der Waals surface area contributed by atoms with Crippen LogP contribution in [-0.2, 0) is 29.0 Å². The lowest BCUT2D eigenvalue weighted by Crippen LogP contribution is -2.40. The lowest BCUT2D eigenvalue weighted by molar-refractivity contribution is -0.139. The van der Waals surface area contributed by atoms with Crippen molar-refractivity contribution in [2.24, 2.45) is 0 Å². The molecule has 7 heteroatoms. The molecule has 2 aromatic rings. The Morgan fingerprint density at radius 2 is 1.81 bits per heavy atom. The number of benzene rings is 2. The summed E-state index contributed by atoms with van der Waals surface area (Å²) in [5.74, 6) is 0.0817. The van der Waals surface area contributed by atoms with Crippen LogP contribution in [0.2, 0.25) is 0 Å². The maximum atomic E-state index is 12.1. The number of carbonyl (C=O) groups is 2. The Balaban J connectivity index is 1.23. The Hall–Kier alpha value is -3.22. The van der Waals surface area contributed by atoms with Crippen LogP contribution >= 0.6 is 0 Å². The van der Waals surface area contributed by atoms with E-state index in [1.807, 2.05) is 6.07 Å². The Labute approximate surface area is 182 Å². The van der Waals surface area contributed by atoms with Gasteiger partial charge in [-0.25, -0.2) is 0 Å². The van der Waals surface area contributed by atoms with Gasteiger partial charge >= 0.3 is 11.8 Å². The highest BCUT2D eigenvalue weighted by Gasteiger charge is 2.17. The largest absolute Gasteiger partial charge is 0.454 e. The van der Waals surface area contributed by atoms with Gasteiger partial charge in [0.2, 0.25) is 6.79 Å². The van der Waals surface area contributed by atoms with E-state index < -0.39 is 11.8 Å². The second kappa shape index (κ2) is 9.73. The number of hydrogen-bond acceptors (Lipinski definition) is 5. The number of hydrogen-bond donors (Lipinski definition) is 2. The van der Waals surface area contributed by atoms with Crippen LogP contribution in [0.15, 0.2) is 36.4 Å². The van der Waals surface area contributed by atoms with Crippen LogP contribution in [0, 0.1) is 0 Å². The van der Waals surface area contributed by atoms with Crippen molar-refractivity contribution >= 4 is 17.5 Å². The topological polar surface area (TPSA) is 79.9 Å². The lowest BCUT2D eigenvalue weighted by atomic mass is 9.98. The molecule has 2 aromatic carbocycles. The first-order valence-electron chi connectivity index (χ1n) is 11.0. The summed E-state index contributed by atoms with van der Waals surface area (Å²) < 4.78 is 10.6. The highest BCUT2D eigenvalue weighted by molar-refractivity contribution is 6.35. The maximum Gasteiger partial charge on any atom is 0.309 e. The molecule has 0 fully saturated rings.